The zero-order valence-electron chi connectivity index (χ0n) is 11.0. The lowest BCUT2D eigenvalue weighted by atomic mass is 9.80. The van der Waals surface area contributed by atoms with Crippen LogP contribution in [0.3, 0.4) is 0 Å². The fraction of sp³-hybridized carbons (Fsp3) is 0.462. The third kappa shape index (κ3) is 3.36. The molecule has 3 nitrogen and oxygen atoms in total. The molecule has 112 valence electrons. The Balaban J connectivity index is 0.00000200. The van der Waals surface area contributed by atoms with Crippen LogP contribution < -0.4 is 5.32 Å². The largest absolute Gasteiger partial charge is 0.449 e. The van der Waals surface area contributed by atoms with Crippen molar-refractivity contribution in [2.75, 3.05) is 6.61 Å². The number of carbonyl (C=O) groups is 1. The van der Waals surface area contributed by atoms with Gasteiger partial charge in [0.2, 0.25) is 0 Å². The SMILES string of the molecule is CC1(C)COC(=O)N[C@H]1c1ccc(C(F)(F)F)cc1.Cl. The topological polar surface area (TPSA) is 38.3 Å². The number of amides is 1. The van der Waals surface area contributed by atoms with E-state index in [1.54, 1.807) is 0 Å². The van der Waals surface area contributed by atoms with Crippen LogP contribution in [0.15, 0.2) is 24.3 Å². The Kier molecular flexibility index (Phi) is 4.59. The molecule has 7 heteroatoms. The van der Waals surface area contributed by atoms with Gasteiger partial charge in [0.15, 0.2) is 0 Å². The lowest BCUT2D eigenvalue weighted by molar-refractivity contribution is -0.137. The minimum absolute atomic E-state index is 0. The van der Waals surface area contributed by atoms with E-state index in [1.807, 2.05) is 13.8 Å². The number of nitrogens with one attached hydrogen (secondary N) is 1. The summed E-state index contributed by atoms with van der Waals surface area (Å²) < 4.78 is 42.4. The lowest BCUT2D eigenvalue weighted by Gasteiger charge is -2.38. The molecule has 1 aromatic carbocycles. The van der Waals surface area contributed by atoms with Gasteiger partial charge in [-0.1, -0.05) is 26.0 Å². The molecule has 0 spiro atoms. The van der Waals surface area contributed by atoms with Gasteiger partial charge in [0, 0.05) is 5.41 Å². The van der Waals surface area contributed by atoms with Crippen LogP contribution in [0.25, 0.3) is 0 Å². The second-order valence-corrected chi connectivity index (χ2v) is 5.26. The Morgan fingerprint density at radius 2 is 1.80 bits per heavy atom. The quantitative estimate of drug-likeness (QED) is 0.853. The van der Waals surface area contributed by atoms with Gasteiger partial charge in [-0.25, -0.2) is 4.79 Å². The molecule has 1 amide bonds. The second kappa shape index (κ2) is 5.52. The molecule has 1 aliphatic rings. The summed E-state index contributed by atoms with van der Waals surface area (Å²) >= 11 is 0. The van der Waals surface area contributed by atoms with Crippen LogP contribution in [0, 0.1) is 5.41 Å². The van der Waals surface area contributed by atoms with Crippen LogP contribution >= 0.6 is 12.4 Å². The van der Waals surface area contributed by atoms with E-state index in [9.17, 15) is 18.0 Å². The molecule has 2 rings (SSSR count). The first kappa shape index (κ1) is 16.6. The van der Waals surface area contributed by atoms with E-state index in [0.717, 1.165) is 12.1 Å². The average molecular weight is 310 g/mol. The molecule has 0 aliphatic carbocycles. The average Bonchev–Trinajstić information content (AvgIpc) is 2.31. The van der Waals surface area contributed by atoms with E-state index in [2.05, 4.69) is 5.32 Å². The van der Waals surface area contributed by atoms with Crippen LogP contribution in [0.1, 0.15) is 31.0 Å². The maximum atomic E-state index is 12.5. The van der Waals surface area contributed by atoms with Gasteiger partial charge in [-0.3, -0.25) is 0 Å². The van der Waals surface area contributed by atoms with Crippen LogP contribution in [0.4, 0.5) is 18.0 Å². The monoisotopic (exact) mass is 309 g/mol. The van der Waals surface area contributed by atoms with Crippen LogP contribution in [0.5, 0.6) is 0 Å². The van der Waals surface area contributed by atoms with Crippen molar-refractivity contribution in [2.45, 2.75) is 26.1 Å². The maximum Gasteiger partial charge on any atom is 0.416 e. The molecule has 1 N–H and O–H groups in total. The van der Waals surface area contributed by atoms with Gasteiger partial charge < -0.3 is 10.1 Å². The Labute approximate surface area is 120 Å². The zero-order chi connectivity index (χ0) is 14.3. The Morgan fingerprint density at radius 3 is 2.30 bits per heavy atom. The number of alkyl halides is 3. The smallest absolute Gasteiger partial charge is 0.416 e. The summed E-state index contributed by atoms with van der Waals surface area (Å²) in [6, 6.07) is 4.46. The summed E-state index contributed by atoms with van der Waals surface area (Å²) in [6.07, 6.45) is -4.91. The molecular formula is C13H15ClF3NO2. The van der Waals surface area contributed by atoms with E-state index in [4.69, 9.17) is 4.74 Å². The highest BCUT2D eigenvalue weighted by Gasteiger charge is 2.38. The second-order valence-electron chi connectivity index (χ2n) is 5.26. The van der Waals surface area contributed by atoms with Gasteiger partial charge in [0.25, 0.3) is 0 Å². The first-order chi connectivity index (χ1) is 8.70. The summed E-state index contributed by atoms with van der Waals surface area (Å²) in [5, 5.41) is 2.64. The highest BCUT2D eigenvalue weighted by Crippen LogP contribution is 2.37. The number of carbonyl (C=O) groups excluding carboxylic acids is 1. The number of rotatable bonds is 1. The number of benzene rings is 1. The molecule has 0 unspecified atom stereocenters. The number of ether oxygens (including phenoxy) is 1. The summed E-state index contributed by atoms with van der Waals surface area (Å²) in [4.78, 5) is 11.2. The van der Waals surface area contributed by atoms with E-state index in [-0.39, 0.29) is 30.5 Å². The van der Waals surface area contributed by atoms with Crippen molar-refractivity contribution in [3.05, 3.63) is 35.4 Å². The molecule has 1 fully saturated rings. The zero-order valence-corrected chi connectivity index (χ0v) is 11.8. The highest BCUT2D eigenvalue weighted by atomic mass is 35.5. The first-order valence-corrected chi connectivity index (χ1v) is 5.80. The molecule has 20 heavy (non-hydrogen) atoms. The Bertz CT molecular complexity index is 485. The van der Waals surface area contributed by atoms with E-state index < -0.39 is 17.8 Å². The fourth-order valence-corrected chi connectivity index (χ4v) is 2.09. The third-order valence-corrected chi connectivity index (χ3v) is 3.19. The number of cyclic esters (lactones) is 1. The van der Waals surface area contributed by atoms with Crippen molar-refractivity contribution >= 4 is 18.5 Å². The lowest BCUT2D eigenvalue weighted by Crippen LogP contribution is -2.46. The van der Waals surface area contributed by atoms with Crippen LogP contribution in [-0.4, -0.2) is 12.7 Å². The minimum Gasteiger partial charge on any atom is -0.449 e. The normalized spacial score (nSPS) is 21.4. The molecule has 1 atom stereocenters. The van der Waals surface area contributed by atoms with Crippen molar-refractivity contribution in [3.63, 3.8) is 0 Å². The minimum atomic E-state index is -4.35. The molecule has 0 aromatic heterocycles. The Hall–Kier alpha value is -1.43. The van der Waals surface area contributed by atoms with Crippen molar-refractivity contribution < 1.29 is 22.7 Å². The summed E-state index contributed by atoms with van der Waals surface area (Å²) in [5.74, 6) is 0. The third-order valence-electron chi connectivity index (χ3n) is 3.19. The molecule has 0 bridgehead atoms. The van der Waals surface area contributed by atoms with Gasteiger partial charge >= 0.3 is 12.3 Å². The summed E-state index contributed by atoms with van der Waals surface area (Å²) in [5.41, 5.74) is -0.449. The summed E-state index contributed by atoms with van der Waals surface area (Å²) in [7, 11) is 0. The van der Waals surface area contributed by atoms with Crippen molar-refractivity contribution in [1.29, 1.82) is 0 Å². The van der Waals surface area contributed by atoms with Crippen molar-refractivity contribution in [1.82, 2.24) is 5.32 Å². The fourth-order valence-electron chi connectivity index (χ4n) is 2.09. The molecular weight excluding hydrogens is 295 g/mol. The van der Waals surface area contributed by atoms with Gasteiger partial charge in [0.1, 0.15) is 6.61 Å². The highest BCUT2D eigenvalue weighted by molar-refractivity contribution is 5.85. The maximum absolute atomic E-state index is 12.5. The molecule has 0 saturated carbocycles. The predicted octanol–water partition coefficient (Wildman–Crippen LogP) is 3.93. The Morgan fingerprint density at radius 1 is 1.25 bits per heavy atom. The van der Waals surface area contributed by atoms with E-state index >= 15 is 0 Å². The molecule has 1 heterocycles. The molecule has 1 saturated heterocycles. The van der Waals surface area contributed by atoms with Gasteiger partial charge in [0.05, 0.1) is 11.6 Å². The number of alkyl carbamates (subject to hydrolysis) is 1. The molecule has 0 radical (unpaired) electrons. The van der Waals surface area contributed by atoms with Crippen molar-refractivity contribution in [3.8, 4) is 0 Å². The first-order valence-electron chi connectivity index (χ1n) is 5.80. The van der Waals surface area contributed by atoms with E-state index in [1.165, 1.54) is 12.1 Å². The van der Waals surface area contributed by atoms with Gasteiger partial charge in [-0.15, -0.1) is 12.4 Å². The van der Waals surface area contributed by atoms with Crippen LogP contribution in [0.2, 0.25) is 0 Å². The number of halogens is 4. The van der Waals surface area contributed by atoms with Gasteiger partial charge in [-0.05, 0) is 17.7 Å². The predicted molar refractivity (Wildman–Crippen MR) is 69.7 cm³/mol. The summed E-state index contributed by atoms with van der Waals surface area (Å²) in [6.45, 7) is 3.99. The van der Waals surface area contributed by atoms with Gasteiger partial charge in [-0.2, -0.15) is 13.2 Å². The number of hydrogen-bond donors (Lipinski definition) is 1. The number of hydrogen-bond acceptors (Lipinski definition) is 2. The molecule has 1 aliphatic heterocycles. The van der Waals surface area contributed by atoms with E-state index in [0.29, 0.717) is 5.56 Å². The standard InChI is InChI=1S/C13H14F3NO2.ClH/c1-12(2)7-19-11(18)17-10(12)8-3-5-9(6-4-8)13(14,15)16;/h3-6,10H,7H2,1-2H3,(H,17,18);1H/t10-;/m0./s1. The molecule has 1 aromatic rings. The van der Waals surface area contributed by atoms with Crippen LogP contribution in [-0.2, 0) is 10.9 Å². The van der Waals surface area contributed by atoms with Crippen molar-refractivity contribution in [2.24, 2.45) is 5.41 Å².